The van der Waals surface area contributed by atoms with E-state index in [0.29, 0.717) is 5.41 Å². The van der Waals surface area contributed by atoms with E-state index in [0.717, 1.165) is 5.41 Å². The van der Waals surface area contributed by atoms with E-state index >= 15 is 0 Å². The summed E-state index contributed by atoms with van der Waals surface area (Å²) in [6.45, 7) is 4.87. The van der Waals surface area contributed by atoms with Gasteiger partial charge in [0.2, 0.25) is 0 Å². The van der Waals surface area contributed by atoms with E-state index in [1.165, 1.54) is 38.5 Å². The van der Waals surface area contributed by atoms with Crippen molar-refractivity contribution in [2.45, 2.75) is 52.4 Å². The highest BCUT2D eigenvalue weighted by molar-refractivity contribution is 4.99. The Bertz CT molecular complexity index is 136. The van der Waals surface area contributed by atoms with Crippen molar-refractivity contribution in [2.24, 2.45) is 10.8 Å². The van der Waals surface area contributed by atoms with E-state index in [9.17, 15) is 0 Å². The molecule has 0 aromatic carbocycles. The van der Waals surface area contributed by atoms with Gasteiger partial charge in [-0.25, -0.2) is 0 Å². The van der Waals surface area contributed by atoms with Crippen LogP contribution in [-0.2, 0) is 0 Å². The molecule has 0 unspecified atom stereocenters. The summed E-state index contributed by atoms with van der Waals surface area (Å²) in [5.74, 6) is 0. The van der Waals surface area contributed by atoms with Crippen LogP contribution in [0.15, 0.2) is 0 Å². The van der Waals surface area contributed by atoms with E-state index < -0.39 is 0 Å². The topological polar surface area (TPSA) is 0 Å². The maximum absolute atomic E-state index is 2.44. The Morgan fingerprint density at radius 3 is 2.00 bits per heavy atom. The minimum absolute atomic E-state index is 0.675. The molecule has 2 aliphatic rings. The molecule has 2 aliphatic carbocycles. The maximum Gasteiger partial charge on any atom is -0.0292 e. The normalized spacial score (nSPS) is 34.2. The Labute approximate surface area is 64.0 Å². The highest BCUT2D eigenvalue weighted by atomic mass is 14.5. The van der Waals surface area contributed by atoms with E-state index in [2.05, 4.69) is 13.8 Å². The molecule has 2 fully saturated rings. The number of rotatable bonds is 0. The predicted octanol–water partition coefficient (Wildman–Crippen LogP) is 3.37. The zero-order valence-corrected chi connectivity index (χ0v) is 7.24. The standard InChI is InChI=1S/C10H18/c1-9(2)4-3-5-10(8-9)6-7-10/h3-8H2,1-2H3. The van der Waals surface area contributed by atoms with Crippen LogP contribution in [0.1, 0.15) is 52.4 Å². The molecule has 0 aliphatic heterocycles. The average Bonchev–Trinajstić information content (AvgIpc) is 2.45. The van der Waals surface area contributed by atoms with Gasteiger partial charge < -0.3 is 0 Å². The van der Waals surface area contributed by atoms with Crippen LogP contribution in [0.3, 0.4) is 0 Å². The Hall–Kier alpha value is 0. The molecule has 0 heteroatoms. The first-order valence-electron chi connectivity index (χ1n) is 4.62. The molecule has 0 nitrogen and oxygen atoms in total. The molecule has 0 radical (unpaired) electrons. The van der Waals surface area contributed by atoms with Crippen molar-refractivity contribution in [3.8, 4) is 0 Å². The molecular weight excluding hydrogens is 120 g/mol. The maximum atomic E-state index is 2.44. The third kappa shape index (κ3) is 1.09. The van der Waals surface area contributed by atoms with Crippen LogP contribution in [0.2, 0.25) is 0 Å². The molecule has 2 rings (SSSR count). The van der Waals surface area contributed by atoms with Crippen molar-refractivity contribution in [2.75, 3.05) is 0 Å². The SMILES string of the molecule is CC1(C)CCCC2(CC2)C1. The molecule has 2 saturated carbocycles. The Morgan fingerprint density at radius 1 is 0.900 bits per heavy atom. The smallest absolute Gasteiger partial charge is 0.0292 e. The minimum atomic E-state index is 0.675. The molecule has 0 aromatic heterocycles. The van der Waals surface area contributed by atoms with Crippen LogP contribution in [-0.4, -0.2) is 0 Å². The van der Waals surface area contributed by atoms with E-state index in [4.69, 9.17) is 0 Å². The van der Waals surface area contributed by atoms with Crippen molar-refractivity contribution in [1.82, 2.24) is 0 Å². The van der Waals surface area contributed by atoms with Crippen LogP contribution < -0.4 is 0 Å². The van der Waals surface area contributed by atoms with Crippen molar-refractivity contribution in [1.29, 1.82) is 0 Å². The van der Waals surface area contributed by atoms with Crippen LogP contribution >= 0.6 is 0 Å². The van der Waals surface area contributed by atoms with Crippen LogP contribution in [0, 0.1) is 10.8 Å². The molecule has 0 saturated heterocycles. The van der Waals surface area contributed by atoms with Gasteiger partial charge in [0.05, 0.1) is 0 Å². The van der Waals surface area contributed by atoms with E-state index in [1.54, 1.807) is 0 Å². The molecule has 0 heterocycles. The molecule has 0 aromatic rings. The van der Waals surface area contributed by atoms with Crippen molar-refractivity contribution >= 4 is 0 Å². The highest BCUT2D eigenvalue weighted by Crippen LogP contribution is 2.60. The second-order valence-electron chi connectivity index (χ2n) is 5.19. The lowest BCUT2D eigenvalue weighted by molar-refractivity contribution is 0.165. The third-order valence-corrected chi connectivity index (χ3v) is 3.37. The lowest BCUT2D eigenvalue weighted by Crippen LogP contribution is -2.23. The van der Waals surface area contributed by atoms with Crippen LogP contribution in [0.4, 0.5) is 0 Å². The summed E-state index contributed by atoms with van der Waals surface area (Å²) in [5, 5.41) is 0. The van der Waals surface area contributed by atoms with Gasteiger partial charge in [-0.3, -0.25) is 0 Å². The Balaban J connectivity index is 2.04. The van der Waals surface area contributed by atoms with Gasteiger partial charge in [0.15, 0.2) is 0 Å². The van der Waals surface area contributed by atoms with E-state index in [-0.39, 0.29) is 0 Å². The first-order chi connectivity index (χ1) is 4.62. The van der Waals surface area contributed by atoms with Crippen molar-refractivity contribution in [3.05, 3.63) is 0 Å². The van der Waals surface area contributed by atoms with E-state index in [1.807, 2.05) is 0 Å². The Morgan fingerprint density at radius 2 is 1.60 bits per heavy atom. The summed E-state index contributed by atoms with van der Waals surface area (Å²) in [6.07, 6.45) is 9.09. The molecular formula is C10H18. The fraction of sp³-hybridized carbons (Fsp3) is 1.00. The molecule has 1 spiro atoms. The van der Waals surface area contributed by atoms with Crippen molar-refractivity contribution < 1.29 is 0 Å². The lowest BCUT2D eigenvalue weighted by atomic mass is 9.70. The zero-order valence-electron chi connectivity index (χ0n) is 7.24. The van der Waals surface area contributed by atoms with Gasteiger partial charge in [0, 0.05) is 0 Å². The molecule has 0 N–H and O–H groups in total. The minimum Gasteiger partial charge on any atom is -0.0599 e. The predicted molar refractivity (Wildman–Crippen MR) is 43.9 cm³/mol. The van der Waals surface area contributed by atoms with Crippen LogP contribution in [0.25, 0.3) is 0 Å². The van der Waals surface area contributed by atoms with Gasteiger partial charge in [0.25, 0.3) is 0 Å². The quantitative estimate of drug-likeness (QED) is 0.481. The third-order valence-electron chi connectivity index (χ3n) is 3.37. The summed E-state index contributed by atoms with van der Waals surface area (Å²) in [6, 6.07) is 0. The van der Waals surface area contributed by atoms with Gasteiger partial charge in [-0.15, -0.1) is 0 Å². The largest absolute Gasteiger partial charge is 0.0599 e. The van der Waals surface area contributed by atoms with Gasteiger partial charge in [-0.1, -0.05) is 20.3 Å². The summed E-state index contributed by atoms with van der Waals surface area (Å²) >= 11 is 0. The summed E-state index contributed by atoms with van der Waals surface area (Å²) in [5.41, 5.74) is 1.54. The number of hydrogen-bond donors (Lipinski definition) is 0. The average molecular weight is 138 g/mol. The van der Waals surface area contributed by atoms with Crippen LogP contribution in [0.5, 0.6) is 0 Å². The zero-order chi connectivity index (χ0) is 7.24. The molecule has 0 bridgehead atoms. The fourth-order valence-electron chi connectivity index (χ4n) is 2.74. The summed E-state index contributed by atoms with van der Waals surface area (Å²) in [7, 11) is 0. The lowest BCUT2D eigenvalue weighted by Gasteiger charge is -2.35. The second kappa shape index (κ2) is 1.78. The number of hydrogen-bond acceptors (Lipinski definition) is 0. The van der Waals surface area contributed by atoms with Gasteiger partial charge >= 0.3 is 0 Å². The van der Waals surface area contributed by atoms with Gasteiger partial charge in [-0.2, -0.15) is 0 Å². The monoisotopic (exact) mass is 138 g/mol. The first-order valence-corrected chi connectivity index (χ1v) is 4.62. The Kier molecular flexibility index (Phi) is 1.19. The van der Waals surface area contributed by atoms with Gasteiger partial charge in [0.1, 0.15) is 0 Å². The molecule has 58 valence electrons. The fourth-order valence-corrected chi connectivity index (χ4v) is 2.74. The molecule has 0 amide bonds. The molecule has 10 heavy (non-hydrogen) atoms. The van der Waals surface area contributed by atoms with Crippen molar-refractivity contribution in [3.63, 3.8) is 0 Å². The second-order valence-corrected chi connectivity index (χ2v) is 5.19. The van der Waals surface area contributed by atoms with Gasteiger partial charge in [-0.05, 0) is 42.9 Å². The summed E-state index contributed by atoms with van der Waals surface area (Å²) < 4.78 is 0. The first kappa shape index (κ1) is 6.69. The highest BCUT2D eigenvalue weighted by Gasteiger charge is 2.47. The molecule has 0 atom stereocenters. The summed E-state index contributed by atoms with van der Waals surface area (Å²) in [4.78, 5) is 0.